The number of nitrogens with two attached hydrogens (primary N) is 1. The molecule has 0 aromatic rings. The molecule has 4 heteroatoms. The van der Waals surface area contributed by atoms with Crippen LogP contribution in [0.25, 0.3) is 0 Å². The molecule has 1 aliphatic rings. The van der Waals surface area contributed by atoms with Gasteiger partial charge in [0.15, 0.2) is 6.29 Å². The topological polar surface area (TPSA) is 75.7 Å². The molecule has 1 aliphatic heterocycles. The van der Waals surface area contributed by atoms with E-state index in [0.717, 1.165) is 0 Å². The van der Waals surface area contributed by atoms with Gasteiger partial charge in [0.1, 0.15) is 0 Å². The number of ether oxygens (including phenoxy) is 1. The molecule has 1 fully saturated rings. The Morgan fingerprint density at radius 3 is 2.60 bits per heavy atom. The van der Waals surface area contributed by atoms with E-state index in [4.69, 9.17) is 15.6 Å². The van der Waals surface area contributed by atoms with E-state index in [1.807, 2.05) is 0 Å². The molecule has 0 aromatic heterocycles. The van der Waals surface area contributed by atoms with Crippen molar-refractivity contribution in [2.24, 2.45) is 5.73 Å². The first-order valence-corrected chi connectivity index (χ1v) is 3.38. The van der Waals surface area contributed by atoms with Crippen LogP contribution >= 0.6 is 0 Å². The molecule has 0 amide bonds. The van der Waals surface area contributed by atoms with E-state index in [1.54, 1.807) is 6.92 Å². The number of hydrogen-bond acceptors (Lipinski definition) is 4. The van der Waals surface area contributed by atoms with Crippen molar-refractivity contribution in [3.63, 3.8) is 0 Å². The summed E-state index contributed by atoms with van der Waals surface area (Å²) < 4.78 is 4.89. The Labute approximate surface area is 59.6 Å². The SMILES string of the molecule is CC1OC(O)CC(N)C1O. The number of aliphatic hydroxyl groups excluding tert-OH is 2. The van der Waals surface area contributed by atoms with Crippen LogP contribution in [0.3, 0.4) is 0 Å². The Kier molecular flexibility index (Phi) is 2.25. The minimum Gasteiger partial charge on any atom is -0.389 e. The molecule has 0 radical (unpaired) electrons. The zero-order valence-corrected chi connectivity index (χ0v) is 5.90. The summed E-state index contributed by atoms with van der Waals surface area (Å²) in [4.78, 5) is 0. The molecule has 0 aromatic carbocycles. The Morgan fingerprint density at radius 2 is 2.10 bits per heavy atom. The summed E-state index contributed by atoms with van der Waals surface area (Å²) in [6.07, 6.45) is -1.51. The summed E-state index contributed by atoms with van der Waals surface area (Å²) in [5.74, 6) is 0. The molecule has 4 unspecified atom stereocenters. The highest BCUT2D eigenvalue weighted by atomic mass is 16.6. The van der Waals surface area contributed by atoms with Crippen molar-refractivity contribution < 1.29 is 14.9 Å². The summed E-state index contributed by atoms with van der Waals surface area (Å²) in [6, 6.07) is -0.362. The van der Waals surface area contributed by atoms with Crippen molar-refractivity contribution in [2.75, 3.05) is 0 Å². The lowest BCUT2D eigenvalue weighted by molar-refractivity contribution is -0.198. The number of aliphatic hydroxyl groups is 2. The average Bonchev–Trinajstić information content (AvgIpc) is 1.82. The molecule has 0 aliphatic carbocycles. The maximum absolute atomic E-state index is 9.20. The van der Waals surface area contributed by atoms with E-state index in [-0.39, 0.29) is 12.1 Å². The second-order valence-electron chi connectivity index (χ2n) is 2.69. The van der Waals surface area contributed by atoms with Crippen molar-refractivity contribution in [1.82, 2.24) is 0 Å². The Morgan fingerprint density at radius 1 is 1.50 bits per heavy atom. The normalized spacial score (nSPS) is 49.2. The average molecular weight is 147 g/mol. The highest BCUT2D eigenvalue weighted by molar-refractivity contribution is 4.82. The van der Waals surface area contributed by atoms with Crippen molar-refractivity contribution >= 4 is 0 Å². The van der Waals surface area contributed by atoms with E-state index in [1.165, 1.54) is 0 Å². The summed E-state index contributed by atoms with van der Waals surface area (Å²) in [5.41, 5.74) is 5.47. The Bertz CT molecular complexity index is 108. The molecular weight excluding hydrogens is 134 g/mol. The Hall–Kier alpha value is -0.160. The lowest BCUT2D eigenvalue weighted by Crippen LogP contribution is -2.51. The van der Waals surface area contributed by atoms with E-state index in [0.29, 0.717) is 6.42 Å². The van der Waals surface area contributed by atoms with Crippen LogP contribution in [-0.2, 0) is 4.74 Å². The molecule has 1 saturated heterocycles. The third kappa shape index (κ3) is 1.46. The number of rotatable bonds is 0. The van der Waals surface area contributed by atoms with Crippen LogP contribution in [0.1, 0.15) is 13.3 Å². The molecule has 10 heavy (non-hydrogen) atoms. The van der Waals surface area contributed by atoms with Gasteiger partial charge in [0.2, 0.25) is 0 Å². The van der Waals surface area contributed by atoms with E-state index in [9.17, 15) is 5.11 Å². The second kappa shape index (κ2) is 2.84. The minimum absolute atomic E-state index is 0.311. The van der Waals surface area contributed by atoms with Gasteiger partial charge >= 0.3 is 0 Å². The quantitative estimate of drug-likeness (QED) is 0.402. The van der Waals surface area contributed by atoms with Gasteiger partial charge in [-0.15, -0.1) is 0 Å². The zero-order chi connectivity index (χ0) is 7.72. The largest absolute Gasteiger partial charge is 0.389 e. The fourth-order valence-corrected chi connectivity index (χ4v) is 1.10. The maximum atomic E-state index is 9.20. The smallest absolute Gasteiger partial charge is 0.156 e. The molecule has 0 spiro atoms. The highest BCUT2D eigenvalue weighted by Gasteiger charge is 2.31. The van der Waals surface area contributed by atoms with Gasteiger partial charge in [0, 0.05) is 12.5 Å². The first-order chi connectivity index (χ1) is 4.61. The van der Waals surface area contributed by atoms with Crippen LogP contribution in [0, 0.1) is 0 Å². The Balaban J connectivity index is 2.49. The van der Waals surface area contributed by atoms with Crippen LogP contribution < -0.4 is 5.73 Å². The molecular formula is C6H13NO3. The van der Waals surface area contributed by atoms with Crippen molar-refractivity contribution in [3.05, 3.63) is 0 Å². The summed E-state index contributed by atoms with van der Waals surface area (Å²) in [7, 11) is 0. The summed E-state index contributed by atoms with van der Waals surface area (Å²) >= 11 is 0. The monoisotopic (exact) mass is 147 g/mol. The first kappa shape index (κ1) is 7.94. The maximum Gasteiger partial charge on any atom is 0.156 e. The van der Waals surface area contributed by atoms with Gasteiger partial charge in [-0.05, 0) is 6.92 Å². The van der Waals surface area contributed by atoms with Gasteiger partial charge in [-0.1, -0.05) is 0 Å². The van der Waals surface area contributed by atoms with Crippen LogP contribution in [0.2, 0.25) is 0 Å². The molecule has 60 valence electrons. The lowest BCUT2D eigenvalue weighted by Gasteiger charge is -2.33. The zero-order valence-electron chi connectivity index (χ0n) is 5.90. The minimum atomic E-state index is -0.812. The first-order valence-electron chi connectivity index (χ1n) is 3.38. The third-order valence-corrected chi connectivity index (χ3v) is 1.77. The molecule has 1 rings (SSSR count). The van der Waals surface area contributed by atoms with Crippen molar-refractivity contribution in [2.45, 2.75) is 37.9 Å². The van der Waals surface area contributed by atoms with Crippen molar-refractivity contribution in [1.29, 1.82) is 0 Å². The summed E-state index contributed by atoms with van der Waals surface area (Å²) in [5, 5.41) is 18.2. The van der Waals surface area contributed by atoms with Gasteiger partial charge in [-0.2, -0.15) is 0 Å². The molecule has 4 nitrogen and oxygen atoms in total. The number of hydrogen-bond donors (Lipinski definition) is 3. The van der Waals surface area contributed by atoms with Gasteiger partial charge in [-0.3, -0.25) is 0 Å². The predicted octanol–water partition coefficient (Wildman–Crippen LogP) is -1.20. The molecule has 4 N–H and O–H groups in total. The van der Waals surface area contributed by atoms with E-state index in [2.05, 4.69) is 0 Å². The lowest BCUT2D eigenvalue weighted by atomic mass is 10.0. The van der Waals surface area contributed by atoms with Crippen LogP contribution in [0.5, 0.6) is 0 Å². The molecule has 1 heterocycles. The predicted molar refractivity (Wildman–Crippen MR) is 35.2 cm³/mol. The third-order valence-electron chi connectivity index (χ3n) is 1.77. The van der Waals surface area contributed by atoms with E-state index >= 15 is 0 Å². The van der Waals surface area contributed by atoms with Gasteiger partial charge < -0.3 is 20.7 Å². The van der Waals surface area contributed by atoms with Gasteiger partial charge in [-0.25, -0.2) is 0 Å². The summed E-state index contributed by atoms with van der Waals surface area (Å²) in [6.45, 7) is 1.69. The fourth-order valence-electron chi connectivity index (χ4n) is 1.10. The van der Waals surface area contributed by atoms with E-state index < -0.39 is 12.4 Å². The van der Waals surface area contributed by atoms with Crippen molar-refractivity contribution in [3.8, 4) is 0 Å². The van der Waals surface area contributed by atoms with Crippen LogP contribution in [0.15, 0.2) is 0 Å². The highest BCUT2D eigenvalue weighted by Crippen LogP contribution is 2.16. The van der Waals surface area contributed by atoms with Gasteiger partial charge in [0.05, 0.1) is 12.2 Å². The molecule has 0 bridgehead atoms. The second-order valence-corrected chi connectivity index (χ2v) is 2.69. The fraction of sp³-hybridized carbons (Fsp3) is 1.00. The van der Waals surface area contributed by atoms with Gasteiger partial charge in [0.25, 0.3) is 0 Å². The molecule has 4 atom stereocenters. The standard InChI is InChI=1S/C6H13NO3/c1-3-6(9)4(7)2-5(8)10-3/h3-6,8-9H,2,7H2,1H3. The van der Waals surface area contributed by atoms with Crippen LogP contribution in [-0.4, -0.2) is 34.8 Å². The molecule has 0 saturated carbocycles. The van der Waals surface area contributed by atoms with Crippen LogP contribution in [0.4, 0.5) is 0 Å².